The molecule has 0 radical (unpaired) electrons. The standard InChI is InChI=1S/C9H17NO3/c1-7(10-9(11)12-2)8-3-5-13-6-4-8/h7-8H,3-6H2,1-2H3,(H,10,11)/t7-/m0/s1. The Morgan fingerprint density at radius 2 is 2.15 bits per heavy atom. The van der Waals surface area contributed by atoms with E-state index in [4.69, 9.17) is 4.74 Å². The van der Waals surface area contributed by atoms with Crippen molar-refractivity contribution in [2.45, 2.75) is 25.8 Å². The second-order valence-electron chi connectivity index (χ2n) is 3.37. The Hall–Kier alpha value is -0.770. The molecule has 1 aliphatic heterocycles. The first-order valence-electron chi connectivity index (χ1n) is 4.66. The fraction of sp³-hybridized carbons (Fsp3) is 0.889. The zero-order chi connectivity index (χ0) is 9.68. The molecule has 0 unspecified atom stereocenters. The van der Waals surface area contributed by atoms with Crippen molar-refractivity contribution in [3.05, 3.63) is 0 Å². The fourth-order valence-electron chi connectivity index (χ4n) is 1.58. The molecule has 0 aromatic rings. The van der Waals surface area contributed by atoms with Crippen LogP contribution in [0.25, 0.3) is 0 Å². The van der Waals surface area contributed by atoms with Crippen LogP contribution in [0.2, 0.25) is 0 Å². The number of methoxy groups -OCH3 is 1. The Morgan fingerprint density at radius 3 is 2.69 bits per heavy atom. The maximum absolute atomic E-state index is 10.9. The van der Waals surface area contributed by atoms with Crippen LogP contribution in [0.5, 0.6) is 0 Å². The van der Waals surface area contributed by atoms with Crippen LogP contribution in [-0.2, 0) is 9.47 Å². The highest BCUT2D eigenvalue weighted by Gasteiger charge is 2.21. The zero-order valence-corrected chi connectivity index (χ0v) is 8.21. The first-order valence-corrected chi connectivity index (χ1v) is 4.66. The minimum atomic E-state index is -0.348. The highest BCUT2D eigenvalue weighted by atomic mass is 16.5. The second kappa shape index (κ2) is 5.07. The summed E-state index contributed by atoms with van der Waals surface area (Å²) in [5, 5.41) is 2.78. The van der Waals surface area contributed by atoms with Crippen LogP contribution >= 0.6 is 0 Å². The molecular weight excluding hydrogens is 170 g/mol. The topological polar surface area (TPSA) is 47.6 Å². The van der Waals surface area contributed by atoms with Gasteiger partial charge in [-0.2, -0.15) is 0 Å². The van der Waals surface area contributed by atoms with Gasteiger partial charge in [0.1, 0.15) is 0 Å². The van der Waals surface area contributed by atoms with Crippen LogP contribution in [0.15, 0.2) is 0 Å². The molecule has 0 aromatic heterocycles. The normalized spacial score (nSPS) is 20.8. The van der Waals surface area contributed by atoms with Crippen molar-refractivity contribution in [1.29, 1.82) is 0 Å². The number of carbonyl (C=O) groups is 1. The highest BCUT2D eigenvalue weighted by Crippen LogP contribution is 2.18. The Kier molecular flexibility index (Phi) is 4.02. The van der Waals surface area contributed by atoms with Gasteiger partial charge in [0, 0.05) is 19.3 Å². The molecule has 1 aliphatic rings. The van der Waals surface area contributed by atoms with E-state index in [1.807, 2.05) is 6.92 Å². The molecule has 1 rings (SSSR count). The summed E-state index contributed by atoms with van der Waals surface area (Å²) in [6.45, 7) is 3.61. The van der Waals surface area contributed by atoms with Gasteiger partial charge in [0.05, 0.1) is 7.11 Å². The molecule has 0 bridgehead atoms. The Bertz CT molecular complexity index is 166. The molecule has 0 saturated carbocycles. The van der Waals surface area contributed by atoms with Crippen LogP contribution in [0.3, 0.4) is 0 Å². The lowest BCUT2D eigenvalue weighted by atomic mass is 9.93. The zero-order valence-electron chi connectivity index (χ0n) is 8.21. The Labute approximate surface area is 78.6 Å². The number of nitrogens with one attached hydrogen (secondary N) is 1. The van der Waals surface area contributed by atoms with E-state index >= 15 is 0 Å². The van der Waals surface area contributed by atoms with Gasteiger partial charge in [0.25, 0.3) is 0 Å². The highest BCUT2D eigenvalue weighted by molar-refractivity contribution is 5.67. The number of hydrogen-bond donors (Lipinski definition) is 1. The van der Waals surface area contributed by atoms with Gasteiger partial charge < -0.3 is 14.8 Å². The lowest BCUT2D eigenvalue weighted by molar-refractivity contribution is 0.0552. The van der Waals surface area contributed by atoms with Crippen LogP contribution < -0.4 is 5.32 Å². The quantitative estimate of drug-likeness (QED) is 0.705. The van der Waals surface area contributed by atoms with Crippen molar-refractivity contribution >= 4 is 6.09 Å². The summed E-state index contributed by atoms with van der Waals surface area (Å²) in [5.41, 5.74) is 0. The van der Waals surface area contributed by atoms with Gasteiger partial charge in [-0.25, -0.2) is 4.79 Å². The van der Waals surface area contributed by atoms with E-state index in [-0.39, 0.29) is 12.1 Å². The minimum Gasteiger partial charge on any atom is -0.453 e. The lowest BCUT2D eigenvalue weighted by Crippen LogP contribution is -2.40. The van der Waals surface area contributed by atoms with Crippen molar-refractivity contribution < 1.29 is 14.3 Å². The van der Waals surface area contributed by atoms with Gasteiger partial charge in [-0.3, -0.25) is 0 Å². The summed E-state index contributed by atoms with van der Waals surface area (Å²) in [6.07, 6.45) is 1.69. The Morgan fingerprint density at radius 1 is 1.54 bits per heavy atom. The van der Waals surface area contributed by atoms with Gasteiger partial charge in [0.2, 0.25) is 0 Å². The van der Waals surface area contributed by atoms with Crippen molar-refractivity contribution in [3.63, 3.8) is 0 Å². The average Bonchev–Trinajstić information content (AvgIpc) is 2.19. The first-order chi connectivity index (χ1) is 6.24. The molecule has 1 fully saturated rings. The second-order valence-corrected chi connectivity index (χ2v) is 3.37. The van der Waals surface area contributed by atoms with Crippen molar-refractivity contribution in [3.8, 4) is 0 Å². The number of carbonyl (C=O) groups excluding carboxylic acids is 1. The third-order valence-corrected chi connectivity index (χ3v) is 2.50. The van der Waals surface area contributed by atoms with Crippen molar-refractivity contribution in [1.82, 2.24) is 5.32 Å². The van der Waals surface area contributed by atoms with Gasteiger partial charge >= 0.3 is 6.09 Å². The third-order valence-electron chi connectivity index (χ3n) is 2.50. The molecule has 13 heavy (non-hydrogen) atoms. The van der Waals surface area contributed by atoms with Gasteiger partial charge in [-0.1, -0.05) is 0 Å². The number of hydrogen-bond acceptors (Lipinski definition) is 3. The molecule has 0 aromatic carbocycles. The summed E-state index contributed by atoms with van der Waals surface area (Å²) in [6, 6.07) is 0.177. The van der Waals surface area contributed by atoms with E-state index in [9.17, 15) is 4.79 Å². The van der Waals surface area contributed by atoms with Crippen LogP contribution in [0, 0.1) is 5.92 Å². The smallest absolute Gasteiger partial charge is 0.407 e. The summed E-state index contributed by atoms with van der Waals surface area (Å²) in [5.74, 6) is 0.521. The van der Waals surface area contributed by atoms with Gasteiger partial charge in [-0.15, -0.1) is 0 Å². The maximum Gasteiger partial charge on any atom is 0.407 e. The SMILES string of the molecule is COC(=O)N[C@@H](C)C1CCOCC1. The summed E-state index contributed by atoms with van der Waals surface area (Å²) in [4.78, 5) is 10.9. The predicted octanol–water partition coefficient (Wildman–Crippen LogP) is 1.16. The number of ether oxygens (including phenoxy) is 2. The number of amides is 1. The predicted molar refractivity (Wildman–Crippen MR) is 48.5 cm³/mol. The van der Waals surface area contributed by atoms with E-state index in [1.54, 1.807) is 0 Å². The molecular formula is C9H17NO3. The van der Waals surface area contributed by atoms with Gasteiger partial charge in [0.15, 0.2) is 0 Å². The fourth-order valence-corrected chi connectivity index (χ4v) is 1.58. The molecule has 1 amide bonds. The summed E-state index contributed by atoms with van der Waals surface area (Å²) in [7, 11) is 1.38. The summed E-state index contributed by atoms with van der Waals surface area (Å²) >= 11 is 0. The largest absolute Gasteiger partial charge is 0.453 e. The molecule has 76 valence electrons. The molecule has 1 heterocycles. The molecule has 1 saturated heterocycles. The van der Waals surface area contributed by atoms with E-state index in [0.29, 0.717) is 5.92 Å². The third kappa shape index (κ3) is 3.22. The van der Waals surface area contributed by atoms with E-state index < -0.39 is 0 Å². The first kappa shape index (κ1) is 10.3. The van der Waals surface area contributed by atoms with E-state index in [1.165, 1.54) is 7.11 Å². The lowest BCUT2D eigenvalue weighted by Gasteiger charge is -2.27. The van der Waals surface area contributed by atoms with Crippen LogP contribution in [-0.4, -0.2) is 32.5 Å². The monoisotopic (exact) mass is 187 g/mol. The Balaban J connectivity index is 2.28. The number of rotatable bonds is 2. The minimum absolute atomic E-state index is 0.177. The van der Waals surface area contributed by atoms with Crippen LogP contribution in [0.1, 0.15) is 19.8 Å². The molecule has 1 atom stereocenters. The molecule has 0 spiro atoms. The van der Waals surface area contributed by atoms with Gasteiger partial charge in [-0.05, 0) is 25.7 Å². The maximum atomic E-state index is 10.9. The van der Waals surface area contributed by atoms with Crippen molar-refractivity contribution in [2.75, 3.05) is 20.3 Å². The molecule has 1 N–H and O–H groups in total. The van der Waals surface area contributed by atoms with Crippen molar-refractivity contribution in [2.24, 2.45) is 5.92 Å². The molecule has 4 heteroatoms. The van der Waals surface area contributed by atoms with E-state index in [2.05, 4.69) is 10.1 Å². The molecule has 4 nitrogen and oxygen atoms in total. The number of alkyl carbamates (subject to hydrolysis) is 1. The molecule has 0 aliphatic carbocycles. The summed E-state index contributed by atoms with van der Waals surface area (Å²) < 4.78 is 9.77. The average molecular weight is 187 g/mol. The van der Waals surface area contributed by atoms with E-state index in [0.717, 1.165) is 26.1 Å². The van der Waals surface area contributed by atoms with Crippen LogP contribution in [0.4, 0.5) is 4.79 Å².